The van der Waals surface area contributed by atoms with E-state index < -0.39 is 6.10 Å². The molecule has 3 atom stereocenters. The Bertz CT molecular complexity index is 521. The molecule has 18 heavy (non-hydrogen) atoms. The van der Waals surface area contributed by atoms with Crippen LogP contribution < -0.4 is 4.74 Å². The normalized spacial score (nSPS) is 36.1. The predicted molar refractivity (Wildman–Crippen MR) is 69.0 cm³/mol. The van der Waals surface area contributed by atoms with E-state index in [0.29, 0.717) is 5.75 Å². The topological polar surface area (TPSA) is 49.7 Å². The molecule has 1 aromatic rings. The van der Waals surface area contributed by atoms with Gasteiger partial charge >= 0.3 is 0 Å². The molecule has 2 aliphatic rings. The van der Waals surface area contributed by atoms with Crippen LogP contribution in [0.1, 0.15) is 38.3 Å². The zero-order chi connectivity index (χ0) is 13.3. The lowest BCUT2D eigenvalue weighted by atomic mass is 9.64. The van der Waals surface area contributed by atoms with Crippen LogP contribution in [-0.2, 0) is 5.41 Å². The van der Waals surface area contributed by atoms with E-state index in [1.165, 1.54) is 0 Å². The summed E-state index contributed by atoms with van der Waals surface area (Å²) in [5.74, 6) is 1.11. The Balaban J connectivity index is 2.25. The molecule has 1 aromatic carbocycles. The number of aliphatic hydroxyl groups is 1. The van der Waals surface area contributed by atoms with Crippen LogP contribution in [-0.4, -0.2) is 22.4 Å². The molecule has 3 heteroatoms. The maximum Gasteiger partial charge on any atom is 0.126 e. The number of benzene rings is 1. The zero-order valence-corrected chi connectivity index (χ0v) is 11.3. The van der Waals surface area contributed by atoms with E-state index in [2.05, 4.69) is 20.8 Å². The summed E-state index contributed by atoms with van der Waals surface area (Å²) in [6.07, 6.45) is 0.190. The van der Waals surface area contributed by atoms with Crippen LogP contribution in [0.15, 0.2) is 12.1 Å². The maximum atomic E-state index is 10.4. The fraction of sp³-hybridized carbons (Fsp3) is 0.600. The van der Waals surface area contributed by atoms with E-state index in [9.17, 15) is 10.2 Å². The number of phenols is 1. The fourth-order valence-corrected chi connectivity index (χ4v) is 3.49. The van der Waals surface area contributed by atoms with Gasteiger partial charge in [0.15, 0.2) is 0 Å². The summed E-state index contributed by atoms with van der Waals surface area (Å²) < 4.78 is 5.91. The fourth-order valence-electron chi connectivity index (χ4n) is 3.49. The van der Waals surface area contributed by atoms with Crippen molar-refractivity contribution in [3.05, 3.63) is 23.3 Å². The van der Waals surface area contributed by atoms with Gasteiger partial charge in [0.05, 0.1) is 6.10 Å². The maximum absolute atomic E-state index is 10.4. The number of hydrogen-bond acceptors (Lipinski definition) is 3. The number of phenolic OH excluding ortho intramolecular Hbond substituents is 1. The zero-order valence-electron chi connectivity index (χ0n) is 11.3. The third-order valence-electron chi connectivity index (χ3n) is 5.29. The van der Waals surface area contributed by atoms with Gasteiger partial charge in [-0.1, -0.05) is 20.8 Å². The molecular formula is C15H20O3. The molecule has 0 radical (unpaired) electrons. The standard InChI is InChI=1S/C15H20O3/c1-8-5-11-9(6-10(8)16)15(4)7-12(18-11)13(17)14(15,2)3/h5-6,12-13,16-17H,7H2,1-4H3/t12-,13-,15-/m1/s1. The van der Waals surface area contributed by atoms with Crippen molar-refractivity contribution in [3.63, 3.8) is 0 Å². The molecule has 0 spiro atoms. The Morgan fingerprint density at radius 2 is 1.94 bits per heavy atom. The monoisotopic (exact) mass is 248 g/mol. The molecular weight excluding hydrogens is 228 g/mol. The van der Waals surface area contributed by atoms with Crippen LogP contribution >= 0.6 is 0 Å². The molecule has 0 unspecified atom stereocenters. The summed E-state index contributed by atoms with van der Waals surface area (Å²) >= 11 is 0. The lowest BCUT2D eigenvalue weighted by molar-refractivity contribution is 0.00239. The number of rotatable bonds is 0. The van der Waals surface area contributed by atoms with Crippen molar-refractivity contribution in [1.29, 1.82) is 0 Å². The number of aliphatic hydroxyl groups excluding tert-OH is 1. The van der Waals surface area contributed by atoms with E-state index in [1.807, 2.05) is 13.0 Å². The number of aryl methyl sites for hydroxylation is 1. The first-order valence-electron chi connectivity index (χ1n) is 6.46. The molecule has 0 amide bonds. The van der Waals surface area contributed by atoms with Gasteiger partial charge in [-0.25, -0.2) is 0 Å². The van der Waals surface area contributed by atoms with E-state index in [4.69, 9.17) is 4.74 Å². The largest absolute Gasteiger partial charge is 0.508 e. The van der Waals surface area contributed by atoms with Gasteiger partial charge in [-0.3, -0.25) is 0 Å². The second-order valence-electron chi connectivity index (χ2n) is 6.49. The van der Waals surface area contributed by atoms with E-state index in [-0.39, 0.29) is 16.9 Å². The van der Waals surface area contributed by atoms with Gasteiger partial charge in [0.25, 0.3) is 0 Å². The predicted octanol–water partition coefficient (Wildman–Crippen LogP) is 2.51. The minimum Gasteiger partial charge on any atom is -0.508 e. The van der Waals surface area contributed by atoms with Crippen molar-refractivity contribution in [1.82, 2.24) is 0 Å². The number of fused-ring (bicyclic) bond motifs is 4. The molecule has 1 aliphatic heterocycles. The van der Waals surface area contributed by atoms with Gasteiger partial charge in [-0.05, 0) is 31.0 Å². The van der Waals surface area contributed by atoms with E-state index in [1.54, 1.807) is 6.07 Å². The van der Waals surface area contributed by atoms with Crippen LogP contribution in [0.4, 0.5) is 0 Å². The molecule has 1 saturated carbocycles. The van der Waals surface area contributed by atoms with Crippen molar-refractivity contribution >= 4 is 0 Å². The average Bonchev–Trinajstić information content (AvgIpc) is 2.43. The summed E-state index contributed by atoms with van der Waals surface area (Å²) in [7, 11) is 0. The Morgan fingerprint density at radius 1 is 1.28 bits per heavy atom. The molecule has 2 bridgehead atoms. The van der Waals surface area contributed by atoms with Crippen LogP contribution in [0.3, 0.4) is 0 Å². The van der Waals surface area contributed by atoms with Crippen molar-refractivity contribution in [2.45, 2.75) is 51.7 Å². The second-order valence-corrected chi connectivity index (χ2v) is 6.49. The smallest absolute Gasteiger partial charge is 0.126 e. The summed E-state index contributed by atoms with van der Waals surface area (Å²) in [5.41, 5.74) is 1.41. The first-order chi connectivity index (χ1) is 8.27. The molecule has 3 nitrogen and oxygen atoms in total. The summed E-state index contributed by atoms with van der Waals surface area (Å²) in [6.45, 7) is 8.17. The molecule has 0 saturated heterocycles. The molecule has 98 valence electrons. The minimum atomic E-state index is -0.475. The average molecular weight is 248 g/mol. The molecule has 1 heterocycles. The van der Waals surface area contributed by atoms with Crippen LogP contribution in [0.25, 0.3) is 0 Å². The highest BCUT2D eigenvalue weighted by molar-refractivity contribution is 5.52. The van der Waals surface area contributed by atoms with Crippen molar-refractivity contribution in [2.24, 2.45) is 5.41 Å². The number of aromatic hydroxyl groups is 1. The molecule has 2 N–H and O–H groups in total. The van der Waals surface area contributed by atoms with Gasteiger partial charge in [-0.2, -0.15) is 0 Å². The van der Waals surface area contributed by atoms with E-state index >= 15 is 0 Å². The molecule has 1 fully saturated rings. The Kier molecular flexibility index (Phi) is 2.11. The van der Waals surface area contributed by atoms with Gasteiger partial charge in [0, 0.05) is 16.4 Å². The first-order valence-corrected chi connectivity index (χ1v) is 6.46. The highest BCUT2D eigenvalue weighted by Gasteiger charge is 2.61. The Morgan fingerprint density at radius 3 is 2.61 bits per heavy atom. The molecule has 1 aliphatic carbocycles. The Hall–Kier alpha value is -1.22. The van der Waals surface area contributed by atoms with E-state index in [0.717, 1.165) is 23.3 Å². The minimum absolute atomic E-state index is 0.138. The number of ether oxygens (including phenoxy) is 1. The van der Waals surface area contributed by atoms with Gasteiger partial charge < -0.3 is 14.9 Å². The SMILES string of the molecule is Cc1cc2c(cc1O)[C@@]1(C)C[C@@H](O2)[C@@H](O)C1(C)C. The summed E-state index contributed by atoms with van der Waals surface area (Å²) in [4.78, 5) is 0. The van der Waals surface area contributed by atoms with Gasteiger partial charge in [0.1, 0.15) is 17.6 Å². The van der Waals surface area contributed by atoms with Gasteiger partial charge in [0.2, 0.25) is 0 Å². The van der Waals surface area contributed by atoms with Crippen LogP contribution in [0.5, 0.6) is 11.5 Å². The van der Waals surface area contributed by atoms with Crippen molar-refractivity contribution in [3.8, 4) is 11.5 Å². The third-order valence-corrected chi connectivity index (χ3v) is 5.29. The van der Waals surface area contributed by atoms with Crippen molar-refractivity contribution < 1.29 is 14.9 Å². The summed E-state index contributed by atoms with van der Waals surface area (Å²) in [5, 5.41) is 20.4. The lowest BCUT2D eigenvalue weighted by Crippen LogP contribution is -2.40. The highest BCUT2D eigenvalue weighted by Crippen LogP contribution is 2.60. The van der Waals surface area contributed by atoms with Crippen LogP contribution in [0, 0.1) is 12.3 Å². The molecule has 0 aromatic heterocycles. The first kappa shape index (κ1) is 11.8. The Labute approximate surface area is 107 Å². The summed E-state index contributed by atoms with van der Waals surface area (Å²) in [6, 6.07) is 3.68. The number of hydrogen-bond donors (Lipinski definition) is 2. The van der Waals surface area contributed by atoms with Gasteiger partial charge in [-0.15, -0.1) is 0 Å². The van der Waals surface area contributed by atoms with Crippen LogP contribution in [0.2, 0.25) is 0 Å². The lowest BCUT2D eigenvalue weighted by Gasteiger charge is -2.40. The molecule has 3 rings (SSSR count). The van der Waals surface area contributed by atoms with Crippen molar-refractivity contribution in [2.75, 3.05) is 0 Å². The second kappa shape index (κ2) is 3.21. The third kappa shape index (κ3) is 1.18. The quantitative estimate of drug-likeness (QED) is 0.741. The highest BCUT2D eigenvalue weighted by atomic mass is 16.5.